The van der Waals surface area contributed by atoms with Gasteiger partial charge in [0, 0.05) is 17.8 Å². The maximum absolute atomic E-state index is 13.2. The van der Waals surface area contributed by atoms with E-state index in [0.717, 1.165) is 16.6 Å². The molecular weight excluding hydrogens is 481 g/mol. The maximum Gasteiger partial charge on any atom is 0.335 e. The van der Waals surface area contributed by atoms with E-state index in [2.05, 4.69) is 28.8 Å². The second-order valence-corrected chi connectivity index (χ2v) is 9.27. The van der Waals surface area contributed by atoms with Crippen LogP contribution in [0.3, 0.4) is 0 Å². The van der Waals surface area contributed by atoms with E-state index >= 15 is 0 Å². The van der Waals surface area contributed by atoms with Crippen molar-refractivity contribution in [2.45, 2.75) is 40.3 Å². The summed E-state index contributed by atoms with van der Waals surface area (Å²) in [6, 6.07) is 8.56. The summed E-state index contributed by atoms with van der Waals surface area (Å²) in [4.78, 5) is 48.5. The van der Waals surface area contributed by atoms with Crippen molar-refractivity contribution in [3.8, 4) is 0 Å². The summed E-state index contributed by atoms with van der Waals surface area (Å²) < 4.78 is 2.06. The van der Waals surface area contributed by atoms with Crippen LogP contribution in [0.1, 0.15) is 32.0 Å². The van der Waals surface area contributed by atoms with Crippen LogP contribution in [0.15, 0.2) is 51.1 Å². The predicted molar refractivity (Wildman–Crippen MR) is 130 cm³/mol. The third kappa shape index (κ3) is 6.24. The van der Waals surface area contributed by atoms with E-state index in [1.807, 2.05) is 6.07 Å². The summed E-state index contributed by atoms with van der Waals surface area (Å²) in [6.45, 7) is 5.28. The molecule has 2 N–H and O–H groups in total. The van der Waals surface area contributed by atoms with Gasteiger partial charge in [-0.1, -0.05) is 50.0 Å². The molecule has 2 aromatic heterocycles. The highest BCUT2D eigenvalue weighted by atomic mass is 35.5. The van der Waals surface area contributed by atoms with Gasteiger partial charge in [-0.3, -0.25) is 19.3 Å². The van der Waals surface area contributed by atoms with Crippen molar-refractivity contribution < 1.29 is 9.90 Å². The van der Waals surface area contributed by atoms with Crippen LogP contribution in [-0.2, 0) is 24.3 Å². The van der Waals surface area contributed by atoms with Crippen LogP contribution in [0.25, 0.3) is 0 Å². The number of carbonyl (C=O) groups is 1. The summed E-state index contributed by atoms with van der Waals surface area (Å²) in [5.41, 5.74) is 0.425. The fraction of sp³-hybridized carbons (Fsp3) is 0.348. The van der Waals surface area contributed by atoms with E-state index in [1.54, 1.807) is 24.3 Å². The summed E-state index contributed by atoms with van der Waals surface area (Å²) >= 11 is 12.3. The van der Waals surface area contributed by atoms with Gasteiger partial charge in [0.25, 0.3) is 0 Å². The fourth-order valence-corrected chi connectivity index (χ4v) is 3.66. The Kier molecular flexibility index (Phi) is 8.11. The summed E-state index contributed by atoms with van der Waals surface area (Å²) in [7, 11) is 0. The molecule has 0 amide bonds. The van der Waals surface area contributed by atoms with Gasteiger partial charge in [-0.15, -0.1) is 0 Å². The lowest BCUT2D eigenvalue weighted by Crippen LogP contribution is -2.51. The highest BCUT2D eigenvalue weighted by Crippen LogP contribution is 2.24. The van der Waals surface area contributed by atoms with Crippen LogP contribution < -0.4 is 17.0 Å². The first-order valence-electron chi connectivity index (χ1n) is 10.7. The van der Waals surface area contributed by atoms with E-state index in [9.17, 15) is 19.5 Å². The Morgan fingerprint density at radius 1 is 1.15 bits per heavy atom. The van der Waals surface area contributed by atoms with Gasteiger partial charge in [0.1, 0.15) is 0 Å². The molecular formula is C23H25Cl2N5O4. The quantitative estimate of drug-likeness (QED) is 0.486. The zero-order valence-corrected chi connectivity index (χ0v) is 20.5. The minimum Gasteiger partial charge on any atom is -0.481 e. The lowest BCUT2D eigenvalue weighted by Gasteiger charge is -2.13. The molecule has 3 rings (SSSR count). The molecule has 0 aliphatic rings. The van der Waals surface area contributed by atoms with Crippen molar-refractivity contribution in [1.82, 2.24) is 19.1 Å². The molecule has 1 unspecified atom stereocenters. The van der Waals surface area contributed by atoms with Gasteiger partial charge in [-0.2, -0.15) is 0 Å². The molecule has 0 spiro atoms. The number of hydrogen-bond acceptors (Lipinski definition) is 5. The number of aliphatic carboxylic acids is 1. The van der Waals surface area contributed by atoms with Crippen LogP contribution in [-0.4, -0.2) is 30.2 Å². The SMILES string of the molecule is CC(C)Cc1ccc(/N=c2\[nH]c(=O)n(CC(C)C(=O)O)c(=O)n2Cc2ccc(Cl)cn2)cc1Cl. The standard InChI is InChI=1S/C23H25Cl2N5O4/c1-13(2)8-15-4-6-17(9-19(15)25)27-21-28-22(33)30(11-14(3)20(31)32)23(34)29(21)12-18-7-5-16(24)10-26-18/h4-7,9-10,13-14H,8,11-12H2,1-3H3,(H,31,32)(H,27,28,33). The largest absolute Gasteiger partial charge is 0.481 e. The summed E-state index contributed by atoms with van der Waals surface area (Å²) in [5, 5.41) is 10.2. The Hall–Kier alpha value is -3.17. The Bertz CT molecular complexity index is 1370. The van der Waals surface area contributed by atoms with E-state index in [1.165, 1.54) is 17.7 Å². The average Bonchev–Trinajstić information content (AvgIpc) is 2.76. The van der Waals surface area contributed by atoms with Crippen molar-refractivity contribution in [2.24, 2.45) is 16.8 Å². The fourth-order valence-electron chi connectivity index (χ4n) is 3.29. The van der Waals surface area contributed by atoms with Crippen LogP contribution in [0, 0.1) is 11.8 Å². The maximum atomic E-state index is 13.2. The normalized spacial score (nSPS) is 12.8. The molecule has 0 fully saturated rings. The molecule has 180 valence electrons. The molecule has 11 heteroatoms. The van der Waals surface area contributed by atoms with E-state index in [4.69, 9.17) is 23.2 Å². The first-order chi connectivity index (χ1) is 16.0. The number of rotatable bonds is 8. The van der Waals surface area contributed by atoms with Gasteiger partial charge >= 0.3 is 17.3 Å². The Morgan fingerprint density at radius 3 is 2.47 bits per heavy atom. The van der Waals surface area contributed by atoms with E-state index in [-0.39, 0.29) is 18.7 Å². The number of nitrogens with zero attached hydrogens (tertiary/aromatic N) is 4. The second kappa shape index (κ2) is 10.8. The van der Waals surface area contributed by atoms with Crippen LogP contribution in [0.2, 0.25) is 10.0 Å². The Labute approximate surface area is 205 Å². The Balaban J connectivity index is 2.16. The van der Waals surface area contributed by atoms with Gasteiger partial charge in [-0.25, -0.2) is 19.1 Å². The Morgan fingerprint density at radius 2 is 1.88 bits per heavy atom. The van der Waals surface area contributed by atoms with Gasteiger partial charge in [0.05, 0.1) is 28.9 Å². The number of nitrogens with one attached hydrogen (secondary N) is 1. The highest BCUT2D eigenvalue weighted by Gasteiger charge is 2.17. The van der Waals surface area contributed by atoms with Gasteiger partial charge in [-0.05, 0) is 42.2 Å². The van der Waals surface area contributed by atoms with E-state index in [0.29, 0.717) is 27.3 Å². The molecule has 0 saturated heterocycles. The van der Waals surface area contributed by atoms with Crippen LogP contribution in [0.5, 0.6) is 0 Å². The lowest BCUT2D eigenvalue weighted by molar-refractivity contribution is -0.141. The highest BCUT2D eigenvalue weighted by molar-refractivity contribution is 6.31. The second-order valence-electron chi connectivity index (χ2n) is 8.43. The zero-order chi connectivity index (χ0) is 25.0. The molecule has 2 heterocycles. The molecule has 1 aromatic carbocycles. The monoisotopic (exact) mass is 505 g/mol. The minimum absolute atomic E-state index is 0.0151. The van der Waals surface area contributed by atoms with Crippen molar-refractivity contribution in [2.75, 3.05) is 0 Å². The van der Waals surface area contributed by atoms with Gasteiger partial charge in [0.15, 0.2) is 0 Å². The molecule has 1 atom stereocenters. The molecule has 3 aromatic rings. The number of aromatic amines is 1. The number of pyridine rings is 1. The van der Waals surface area contributed by atoms with Crippen molar-refractivity contribution >= 4 is 34.9 Å². The zero-order valence-electron chi connectivity index (χ0n) is 19.0. The number of benzene rings is 1. The molecule has 9 nitrogen and oxygen atoms in total. The molecule has 0 radical (unpaired) electrons. The molecule has 0 aliphatic carbocycles. The van der Waals surface area contributed by atoms with Gasteiger partial charge in [0.2, 0.25) is 5.62 Å². The van der Waals surface area contributed by atoms with Crippen molar-refractivity contribution in [3.05, 3.63) is 84.4 Å². The average molecular weight is 506 g/mol. The number of carboxylic acids is 1. The number of aromatic nitrogens is 4. The van der Waals surface area contributed by atoms with Gasteiger partial charge < -0.3 is 5.11 Å². The molecule has 34 heavy (non-hydrogen) atoms. The van der Waals surface area contributed by atoms with Crippen molar-refractivity contribution in [3.63, 3.8) is 0 Å². The third-order valence-electron chi connectivity index (χ3n) is 5.07. The minimum atomic E-state index is -1.12. The molecule has 0 aliphatic heterocycles. The van der Waals surface area contributed by atoms with Crippen molar-refractivity contribution in [1.29, 1.82) is 0 Å². The number of carboxylic acid groups (broad SMARTS) is 1. The lowest BCUT2D eigenvalue weighted by atomic mass is 10.0. The topological polar surface area (TPSA) is 122 Å². The van der Waals surface area contributed by atoms with Crippen LogP contribution >= 0.6 is 23.2 Å². The first kappa shape index (κ1) is 25.5. The smallest absolute Gasteiger partial charge is 0.335 e. The predicted octanol–water partition coefficient (Wildman–Crippen LogP) is 3.24. The summed E-state index contributed by atoms with van der Waals surface area (Å²) in [6.07, 6.45) is 2.24. The molecule has 0 bridgehead atoms. The van der Waals surface area contributed by atoms with Crippen LogP contribution in [0.4, 0.5) is 5.69 Å². The first-order valence-corrected chi connectivity index (χ1v) is 11.4. The molecule has 0 saturated carbocycles. The summed E-state index contributed by atoms with van der Waals surface area (Å²) in [5.74, 6) is -1.65. The number of halogens is 2. The third-order valence-corrected chi connectivity index (χ3v) is 5.64. The van der Waals surface area contributed by atoms with E-state index < -0.39 is 23.3 Å². The number of H-pyrrole nitrogens is 1. The number of hydrogen-bond donors (Lipinski definition) is 2.